The Hall–Kier alpha value is -0.372. The first-order valence-corrected chi connectivity index (χ1v) is 3.04. The molecule has 13 heavy (non-hydrogen) atoms. The van der Waals surface area contributed by atoms with Crippen LogP contribution in [-0.4, -0.2) is 17.0 Å². The van der Waals surface area contributed by atoms with Gasteiger partial charge in [-0.2, -0.15) is 0 Å². The second-order valence-electron chi connectivity index (χ2n) is 2.53. The van der Waals surface area contributed by atoms with Gasteiger partial charge in [0.15, 0.2) is 0 Å². The minimum Gasteiger partial charge on any atom is -0.549 e. The molecule has 1 aliphatic carbocycles. The molecule has 4 nitrogen and oxygen atoms in total. The van der Waals surface area contributed by atoms with E-state index < -0.39 is 17.4 Å². The summed E-state index contributed by atoms with van der Waals surface area (Å²) in [4.78, 5) is 20.6. The molecule has 0 atom stereocenters. The molecule has 1 saturated carbocycles. The molecule has 0 heterocycles. The Bertz CT molecular complexity index is 171. The summed E-state index contributed by atoms with van der Waals surface area (Å²) in [5.41, 5.74) is -1.56. The summed E-state index contributed by atoms with van der Waals surface area (Å²) in [6.45, 7) is 0. The number of carbonyl (C=O) groups excluding carboxylic acids is 1. The van der Waals surface area contributed by atoms with Gasteiger partial charge < -0.3 is 29.9 Å². The van der Waals surface area contributed by atoms with Gasteiger partial charge >= 0.3 is 5.97 Å². The van der Waals surface area contributed by atoms with Gasteiger partial charge in [-0.25, -0.2) is 0 Å². The summed E-state index contributed by atoms with van der Waals surface area (Å²) in [5.74, 6) is -2.72. The summed E-state index contributed by atoms with van der Waals surface area (Å²) in [6.07, 6.45) is 1.09. The Kier molecular flexibility index (Phi) is 8.70. The van der Waals surface area contributed by atoms with E-state index in [1.807, 2.05) is 0 Å². The summed E-state index contributed by atoms with van der Waals surface area (Å²) in [7, 11) is 0. The first kappa shape index (κ1) is 18.4. The Morgan fingerprint density at radius 3 is 1.62 bits per heavy atom. The topological polar surface area (TPSA) is 77.4 Å². The molecule has 82 valence electrons. The third-order valence-electron chi connectivity index (χ3n) is 2.01. The molecular formula is C8H13O4Pt-3. The van der Waals surface area contributed by atoms with Crippen molar-refractivity contribution in [3.05, 3.63) is 14.9 Å². The van der Waals surface area contributed by atoms with Gasteiger partial charge in [0, 0.05) is 21.1 Å². The Balaban J connectivity index is -0.000000333. The molecule has 0 aliphatic heterocycles. The van der Waals surface area contributed by atoms with Crippen LogP contribution in [-0.2, 0) is 30.7 Å². The van der Waals surface area contributed by atoms with Gasteiger partial charge in [0.05, 0.1) is 5.97 Å². The smallest absolute Gasteiger partial charge is 0.315 e. The fourth-order valence-electron chi connectivity index (χ4n) is 1.04. The van der Waals surface area contributed by atoms with Crippen LogP contribution in [0.5, 0.6) is 0 Å². The number of aliphatic carboxylic acids is 2. The van der Waals surface area contributed by atoms with E-state index in [1.165, 1.54) is 0 Å². The number of carboxylic acids is 2. The molecule has 0 aromatic carbocycles. The molecule has 0 saturated heterocycles. The summed E-state index contributed by atoms with van der Waals surface area (Å²) < 4.78 is 0. The molecule has 0 aromatic rings. The zero-order valence-corrected chi connectivity index (χ0v) is 9.88. The fourth-order valence-corrected chi connectivity index (χ4v) is 1.04. The minimum absolute atomic E-state index is 0. The van der Waals surface area contributed by atoms with E-state index in [2.05, 4.69) is 0 Å². The SMILES string of the molecule is O=C([O-])C1(C(=O)O)CCC1.[CH3-].[CH3-].[Pt]. The maximum atomic E-state index is 10.3. The fraction of sp³-hybridized carbons (Fsp3) is 0.500. The van der Waals surface area contributed by atoms with Crippen LogP contribution in [0.25, 0.3) is 0 Å². The molecule has 0 radical (unpaired) electrons. The van der Waals surface area contributed by atoms with E-state index in [0.29, 0.717) is 6.42 Å². The maximum absolute atomic E-state index is 10.3. The molecular weight excluding hydrogens is 355 g/mol. The van der Waals surface area contributed by atoms with Crippen molar-refractivity contribution in [2.75, 3.05) is 0 Å². The van der Waals surface area contributed by atoms with Crippen LogP contribution in [0.1, 0.15) is 19.3 Å². The second-order valence-corrected chi connectivity index (χ2v) is 2.53. The van der Waals surface area contributed by atoms with Gasteiger partial charge in [-0.05, 0) is 12.8 Å². The standard InChI is InChI=1S/C6H8O4.2CH3.Pt/c7-4(8)6(5(9)10)2-1-3-6;;;/h1-3H2,(H,7,8)(H,9,10);2*1H3;/q;2*-1;/p-1. The van der Waals surface area contributed by atoms with Crippen molar-refractivity contribution in [1.29, 1.82) is 0 Å². The maximum Gasteiger partial charge on any atom is 0.315 e. The first-order chi connectivity index (χ1) is 4.59. The molecule has 0 amide bonds. The third-order valence-corrected chi connectivity index (χ3v) is 2.01. The largest absolute Gasteiger partial charge is 0.549 e. The third kappa shape index (κ3) is 2.80. The molecule has 1 fully saturated rings. The van der Waals surface area contributed by atoms with E-state index in [-0.39, 0.29) is 48.8 Å². The van der Waals surface area contributed by atoms with E-state index >= 15 is 0 Å². The molecule has 0 unspecified atom stereocenters. The summed E-state index contributed by atoms with van der Waals surface area (Å²) in [6, 6.07) is 0. The molecule has 1 rings (SSSR count). The van der Waals surface area contributed by atoms with Crippen LogP contribution in [0.2, 0.25) is 0 Å². The molecule has 0 spiro atoms. The average molecular weight is 368 g/mol. The average Bonchev–Trinajstić information content (AvgIpc) is 1.57. The predicted molar refractivity (Wildman–Crippen MR) is 41.8 cm³/mol. The van der Waals surface area contributed by atoms with Crippen LogP contribution in [0, 0.1) is 20.3 Å². The van der Waals surface area contributed by atoms with Gasteiger partial charge in [-0.3, -0.25) is 4.79 Å². The van der Waals surface area contributed by atoms with Gasteiger partial charge in [0.25, 0.3) is 0 Å². The Morgan fingerprint density at radius 2 is 1.62 bits per heavy atom. The van der Waals surface area contributed by atoms with Crippen LogP contribution < -0.4 is 5.11 Å². The van der Waals surface area contributed by atoms with Crippen molar-refractivity contribution in [2.24, 2.45) is 5.41 Å². The second kappa shape index (κ2) is 6.14. The van der Waals surface area contributed by atoms with Crippen LogP contribution in [0.4, 0.5) is 0 Å². The Morgan fingerprint density at radius 1 is 1.23 bits per heavy atom. The zero-order chi connectivity index (χ0) is 7.78. The van der Waals surface area contributed by atoms with Crippen molar-refractivity contribution < 1.29 is 40.9 Å². The molecule has 1 aliphatic rings. The minimum atomic E-state index is -1.56. The number of carboxylic acid groups (broad SMARTS) is 2. The first-order valence-electron chi connectivity index (χ1n) is 3.04. The number of hydrogen-bond acceptors (Lipinski definition) is 3. The van der Waals surface area contributed by atoms with E-state index in [9.17, 15) is 14.7 Å². The van der Waals surface area contributed by atoms with E-state index in [1.54, 1.807) is 0 Å². The van der Waals surface area contributed by atoms with Crippen molar-refractivity contribution in [2.45, 2.75) is 19.3 Å². The van der Waals surface area contributed by atoms with Crippen molar-refractivity contribution in [1.82, 2.24) is 0 Å². The van der Waals surface area contributed by atoms with Gasteiger partial charge in [-0.15, -0.1) is 0 Å². The van der Waals surface area contributed by atoms with Crippen molar-refractivity contribution in [3.63, 3.8) is 0 Å². The quantitative estimate of drug-likeness (QED) is 0.545. The Labute approximate surface area is 92.6 Å². The number of rotatable bonds is 2. The van der Waals surface area contributed by atoms with Gasteiger partial charge in [0.2, 0.25) is 0 Å². The van der Waals surface area contributed by atoms with Crippen LogP contribution in [0.15, 0.2) is 0 Å². The summed E-state index contributed by atoms with van der Waals surface area (Å²) in [5, 5.41) is 18.7. The number of carbonyl (C=O) groups is 2. The molecule has 0 aromatic heterocycles. The van der Waals surface area contributed by atoms with Crippen LogP contribution >= 0.6 is 0 Å². The molecule has 1 N–H and O–H groups in total. The van der Waals surface area contributed by atoms with E-state index in [0.717, 1.165) is 0 Å². The van der Waals surface area contributed by atoms with Crippen molar-refractivity contribution >= 4 is 11.9 Å². The monoisotopic (exact) mass is 368 g/mol. The van der Waals surface area contributed by atoms with Gasteiger partial charge in [-0.1, -0.05) is 6.42 Å². The van der Waals surface area contributed by atoms with E-state index in [4.69, 9.17) is 5.11 Å². The zero-order valence-electron chi connectivity index (χ0n) is 7.61. The number of hydrogen-bond donors (Lipinski definition) is 1. The van der Waals surface area contributed by atoms with Gasteiger partial charge in [0.1, 0.15) is 5.41 Å². The summed E-state index contributed by atoms with van der Waals surface area (Å²) >= 11 is 0. The van der Waals surface area contributed by atoms with Crippen molar-refractivity contribution in [3.8, 4) is 0 Å². The predicted octanol–water partition coefficient (Wildman–Crippen LogP) is -0.111. The normalized spacial score (nSPS) is 16.3. The molecule has 0 bridgehead atoms. The van der Waals surface area contributed by atoms with Crippen LogP contribution in [0.3, 0.4) is 0 Å². The molecule has 5 heteroatoms.